The lowest BCUT2D eigenvalue weighted by Gasteiger charge is -2.15. The van der Waals surface area contributed by atoms with E-state index >= 15 is 0 Å². The number of pyridine rings is 1. The van der Waals surface area contributed by atoms with Crippen molar-refractivity contribution < 1.29 is 4.79 Å². The molecule has 2 rings (SSSR count). The summed E-state index contributed by atoms with van der Waals surface area (Å²) in [6.07, 6.45) is 4.63. The van der Waals surface area contributed by atoms with E-state index in [0.29, 0.717) is 16.1 Å². The maximum Gasteiger partial charge on any atom is 0.270 e. The molecule has 1 amide bonds. The standard InChI is InChI=1S/C12H12BrN3O/c13-9-2-1-3-10(9)16-12(17)11-5-4-8(6-14)7-15-11/h4-5,7,9-10H,1-3H2,(H,16,17). The second-order valence-corrected chi connectivity index (χ2v) is 5.25. The minimum Gasteiger partial charge on any atom is -0.347 e. The summed E-state index contributed by atoms with van der Waals surface area (Å²) in [6, 6.07) is 5.33. The monoisotopic (exact) mass is 293 g/mol. The van der Waals surface area contributed by atoms with E-state index in [1.165, 1.54) is 6.20 Å². The van der Waals surface area contributed by atoms with E-state index in [4.69, 9.17) is 5.26 Å². The first-order valence-electron chi connectivity index (χ1n) is 5.52. The molecule has 1 saturated carbocycles. The lowest BCUT2D eigenvalue weighted by atomic mass is 10.2. The van der Waals surface area contributed by atoms with Gasteiger partial charge in [0.25, 0.3) is 5.91 Å². The molecule has 1 aromatic heterocycles. The van der Waals surface area contributed by atoms with Crippen LogP contribution in [0, 0.1) is 11.3 Å². The zero-order valence-corrected chi connectivity index (χ0v) is 10.8. The van der Waals surface area contributed by atoms with Crippen molar-refractivity contribution in [2.45, 2.75) is 30.1 Å². The van der Waals surface area contributed by atoms with Crippen molar-refractivity contribution in [1.82, 2.24) is 10.3 Å². The fourth-order valence-electron chi connectivity index (χ4n) is 1.91. The summed E-state index contributed by atoms with van der Waals surface area (Å²) in [4.78, 5) is 16.2. The van der Waals surface area contributed by atoms with Crippen LogP contribution in [0.15, 0.2) is 18.3 Å². The van der Waals surface area contributed by atoms with Crippen LogP contribution in [-0.2, 0) is 0 Å². The molecule has 1 fully saturated rings. The molecule has 0 radical (unpaired) electrons. The molecule has 0 spiro atoms. The molecule has 4 nitrogen and oxygen atoms in total. The van der Waals surface area contributed by atoms with Crippen LogP contribution in [0.4, 0.5) is 0 Å². The van der Waals surface area contributed by atoms with Gasteiger partial charge in [0.15, 0.2) is 0 Å². The Kier molecular flexibility index (Phi) is 3.75. The molecule has 17 heavy (non-hydrogen) atoms. The summed E-state index contributed by atoms with van der Waals surface area (Å²) < 4.78 is 0. The molecular formula is C12H12BrN3O. The third-order valence-electron chi connectivity index (χ3n) is 2.87. The normalized spacial score (nSPS) is 23.1. The lowest BCUT2D eigenvalue weighted by molar-refractivity contribution is 0.0934. The summed E-state index contributed by atoms with van der Waals surface area (Å²) >= 11 is 3.55. The molecule has 1 heterocycles. The Hall–Kier alpha value is -1.41. The van der Waals surface area contributed by atoms with Gasteiger partial charge in [-0.2, -0.15) is 5.26 Å². The van der Waals surface area contributed by atoms with Crippen molar-refractivity contribution in [2.75, 3.05) is 0 Å². The Morgan fingerprint density at radius 1 is 1.53 bits per heavy atom. The van der Waals surface area contributed by atoms with Crippen LogP contribution in [0.5, 0.6) is 0 Å². The number of alkyl halides is 1. The van der Waals surface area contributed by atoms with Crippen molar-refractivity contribution >= 4 is 21.8 Å². The van der Waals surface area contributed by atoms with E-state index in [1.807, 2.05) is 6.07 Å². The number of carbonyl (C=O) groups is 1. The highest BCUT2D eigenvalue weighted by Crippen LogP contribution is 2.25. The molecule has 2 unspecified atom stereocenters. The van der Waals surface area contributed by atoms with Crippen LogP contribution in [0.2, 0.25) is 0 Å². The van der Waals surface area contributed by atoms with Gasteiger partial charge in [-0.1, -0.05) is 22.4 Å². The number of nitrogens with zero attached hydrogens (tertiary/aromatic N) is 2. The van der Waals surface area contributed by atoms with E-state index in [1.54, 1.807) is 12.1 Å². The molecular weight excluding hydrogens is 282 g/mol. The third kappa shape index (κ3) is 2.83. The summed E-state index contributed by atoms with van der Waals surface area (Å²) in [5.41, 5.74) is 0.816. The number of carbonyl (C=O) groups excluding carboxylic acids is 1. The second-order valence-electron chi connectivity index (χ2n) is 4.07. The van der Waals surface area contributed by atoms with E-state index in [2.05, 4.69) is 26.2 Å². The van der Waals surface area contributed by atoms with Gasteiger partial charge in [-0.25, -0.2) is 4.98 Å². The van der Waals surface area contributed by atoms with Crippen LogP contribution >= 0.6 is 15.9 Å². The van der Waals surface area contributed by atoms with Crippen LogP contribution in [0.1, 0.15) is 35.3 Å². The van der Waals surface area contributed by atoms with E-state index in [0.717, 1.165) is 19.3 Å². The maximum atomic E-state index is 11.9. The highest BCUT2D eigenvalue weighted by Gasteiger charge is 2.26. The number of nitrogens with one attached hydrogen (secondary N) is 1. The highest BCUT2D eigenvalue weighted by molar-refractivity contribution is 9.09. The smallest absolute Gasteiger partial charge is 0.270 e. The summed E-state index contributed by atoms with van der Waals surface area (Å²) in [7, 11) is 0. The van der Waals surface area contributed by atoms with Gasteiger partial charge in [-0.15, -0.1) is 0 Å². The van der Waals surface area contributed by atoms with Gasteiger partial charge in [0.2, 0.25) is 0 Å². The number of halogens is 1. The quantitative estimate of drug-likeness (QED) is 0.848. The molecule has 1 aliphatic rings. The Morgan fingerprint density at radius 3 is 2.88 bits per heavy atom. The van der Waals surface area contributed by atoms with Gasteiger partial charge in [-0.3, -0.25) is 4.79 Å². The number of aromatic nitrogens is 1. The first-order valence-corrected chi connectivity index (χ1v) is 6.43. The molecule has 0 aliphatic heterocycles. The summed E-state index contributed by atoms with van der Waals surface area (Å²) in [5.74, 6) is -0.175. The molecule has 1 N–H and O–H groups in total. The van der Waals surface area contributed by atoms with E-state index in [9.17, 15) is 4.79 Å². The fourth-order valence-corrected chi connectivity index (χ4v) is 2.63. The van der Waals surface area contributed by atoms with Crippen molar-refractivity contribution in [3.05, 3.63) is 29.6 Å². The Bertz CT molecular complexity index is 452. The first kappa shape index (κ1) is 12.1. The van der Waals surface area contributed by atoms with E-state index < -0.39 is 0 Å². The first-order chi connectivity index (χ1) is 8.20. The number of rotatable bonds is 2. The zero-order chi connectivity index (χ0) is 12.3. The number of amides is 1. The predicted octanol–water partition coefficient (Wildman–Crippen LogP) is 2.00. The van der Waals surface area contributed by atoms with Crippen molar-refractivity contribution in [3.63, 3.8) is 0 Å². The maximum absolute atomic E-state index is 11.9. The Labute approximate surface area is 108 Å². The summed E-state index contributed by atoms with van der Waals surface area (Å²) in [5, 5.41) is 11.6. The largest absolute Gasteiger partial charge is 0.347 e. The average Bonchev–Trinajstić information content (AvgIpc) is 2.75. The van der Waals surface area contributed by atoms with E-state index in [-0.39, 0.29) is 11.9 Å². The highest BCUT2D eigenvalue weighted by atomic mass is 79.9. The van der Waals surface area contributed by atoms with Crippen LogP contribution < -0.4 is 5.32 Å². The Balaban J connectivity index is 2.02. The molecule has 5 heteroatoms. The molecule has 2 atom stereocenters. The van der Waals surface area contributed by atoms with Gasteiger partial charge < -0.3 is 5.32 Å². The third-order valence-corrected chi connectivity index (χ3v) is 3.97. The molecule has 1 aromatic rings. The number of hydrogen-bond acceptors (Lipinski definition) is 3. The van der Waals surface area contributed by atoms with Gasteiger partial charge in [0.05, 0.1) is 5.56 Å². The predicted molar refractivity (Wildman–Crippen MR) is 66.8 cm³/mol. The molecule has 0 bridgehead atoms. The van der Waals surface area contributed by atoms with Crippen LogP contribution in [0.25, 0.3) is 0 Å². The lowest BCUT2D eigenvalue weighted by Crippen LogP contribution is -2.38. The van der Waals surface area contributed by atoms with Crippen molar-refractivity contribution in [1.29, 1.82) is 5.26 Å². The van der Waals surface area contributed by atoms with Gasteiger partial charge in [-0.05, 0) is 25.0 Å². The van der Waals surface area contributed by atoms with Crippen molar-refractivity contribution in [3.8, 4) is 6.07 Å². The molecule has 88 valence electrons. The second kappa shape index (κ2) is 5.28. The minimum absolute atomic E-state index is 0.175. The molecule has 0 aromatic carbocycles. The average molecular weight is 294 g/mol. The topological polar surface area (TPSA) is 65.8 Å². The Morgan fingerprint density at radius 2 is 2.35 bits per heavy atom. The molecule has 1 aliphatic carbocycles. The van der Waals surface area contributed by atoms with Crippen LogP contribution in [0.3, 0.4) is 0 Å². The number of nitriles is 1. The van der Waals surface area contributed by atoms with Gasteiger partial charge in [0.1, 0.15) is 11.8 Å². The molecule has 0 saturated heterocycles. The SMILES string of the molecule is N#Cc1ccc(C(=O)NC2CCCC2Br)nc1. The minimum atomic E-state index is -0.175. The van der Waals surface area contributed by atoms with Gasteiger partial charge >= 0.3 is 0 Å². The fraction of sp³-hybridized carbons (Fsp3) is 0.417. The van der Waals surface area contributed by atoms with Crippen LogP contribution in [-0.4, -0.2) is 21.8 Å². The zero-order valence-electron chi connectivity index (χ0n) is 9.19. The van der Waals surface area contributed by atoms with Crippen molar-refractivity contribution in [2.24, 2.45) is 0 Å². The van der Waals surface area contributed by atoms with Gasteiger partial charge in [0, 0.05) is 17.1 Å². The number of hydrogen-bond donors (Lipinski definition) is 1. The summed E-state index contributed by atoms with van der Waals surface area (Å²) in [6.45, 7) is 0.